The monoisotopic (exact) mass is 283 g/mol. The highest BCUT2D eigenvalue weighted by molar-refractivity contribution is 7.90. The summed E-state index contributed by atoms with van der Waals surface area (Å²) in [5.41, 5.74) is 0.619. The molecule has 0 aromatic heterocycles. The van der Waals surface area contributed by atoms with Crippen molar-refractivity contribution in [2.75, 3.05) is 18.2 Å². The Morgan fingerprint density at radius 1 is 1.16 bits per heavy atom. The van der Waals surface area contributed by atoms with E-state index in [0.29, 0.717) is 4.90 Å². The molecule has 1 aromatic rings. The van der Waals surface area contributed by atoms with Crippen molar-refractivity contribution in [3.05, 3.63) is 24.3 Å². The highest BCUT2D eigenvalue weighted by atomic mass is 32.2. The van der Waals surface area contributed by atoms with Crippen LogP contribution in [0, 0.1) is 0 Å². The molecule has 0 spiro atoms. The van der Waals surface area contributed by atoms with Crippen LogP contribution in [-0.4, -0.2) is 31.9 Å². The van der Waals surface area contributed by atoms with Gasteiger partial charge in [0.25, 0.3) is 0 Å². The fourth-order valence-electron chi connectivity index (χ4n) is 2.64. The lowest BCUT2D eigenvalue weighted by molar-refractivity contribution is 0.173. The number of nitrogens with one attached hydrogen (secondary N) is 1. The largest absolute Gasteiger partial charge is 0.394 e. The van der Waals surface area contributed by atoms with Gasteiger partial charge in [-0.1, -0.05) is 19.3 Å². The van der Waals surface area contributed by atoms with Gasteiger partial charge in [0.1, 0.15) is 0 Å². The molecule has 19 heavy (non-hydrogen) atoms. The highest BCUT2D eigenvalue weighted by Crippen LogP contribution is 2.31. The molecule has 106 valence electrons. The fourth-order valence-corrected chi connectivity index (χ4v) is 3.27. The molecule has 0 heterocycles. The van der Waals surface area contributed by atoms with E-state index in [9.17, 15) is 13.5 Å². The number of aliphatic hydroxyl groups excluding tert-OH is 1. The zero-order valence-corrected chi connectivity index (χ0v) is 12.0. The summed E-state index contributed by atoms with van der Waals surface area (Å²) >= 11 is 0. The fraction of sp³-hybridized carbons (Fsp3) is 0.571. The van der Waals surface area contributed by atoms with Gasteiger partial charge in [-0.25, -0.2) is 8.42 Å². The van der Waals surface area contributed by atoms with Crippen LogP contribution in [0.15, 0.2) is 29.2 Å². The lowest BCUT2D eigenvalue weighted by Gasteiger charge is -2.37. The van der Waals surface area contributed by atoms with E-state index in [4.69, 9.17) is 0 Å². The summed E-state index contributed by atoms with van der Waals surface area (Å²) in [5, 5.41) is 13.0. The van der Waals surface area contributed by atoms with Crippen molar-refractivity contribution in [1.82, 2.24) is 0 Å². The summed E-state index contributed by atoms with van der Waals surface area (Å²) in [5.74, 6) is 0. The van der Waals surface area contributed by atoms with Gasteiger partial charge in [-0.2, -0.15) is 0 Å². The van der Waals surface area contributed by atoms with Gasteiger partial charge in [-0.05, 0) is 37.1 Å². The lowest BCUT2D eigenvalue weighted by Crippen LogP contribution is -2.43. The minimum atomic E-state index is -3.15. The molecule has 4 nitrogen and oxygen atoms in total. The van der Waals surface area contributed by atoms with Crippen LogP contribution in [0.4, 0.5) is 5.69 Å². The molecule has 1 aromatic carbocycles. The second-order valence-corrected chi connectivity index (χ2v) is 7.44. The summed E-state index contributed by atoms with van der Waals surface area (Å²) < 4.78 is 22.8. The van der Waals surface area contributed by atoms with E-state index in [1.165, 1.54) is 12.7 Å². The Morgan fingerprint density at radius 2 is 1.74 bits per heavy atom. The number of anilines is 1. The predicted molar refractivity (Wildman–Crippen MR) is 76.1 cm³/mol. The molecule has 0 unspecified atom stereocenters. The third kappa shape index (κ3) is 3.48. The van der Waals surface area contributed by atoms with Crippen LogP contribution in [0.3, 0.4) is 0 Å². The Hall–Kier alpha value is -1.07. The number of sulfone groups is 1. The summed E-state index contributed by atoms with van der Waals surface area (Å²) in [6.45, 7) is 0.112. The lowest BCUT2D eigenvalue weighted by atomic mass is 9.82. The van der Waals surface area contributed by atoms with Crippen LogP contribution in [0.25, 0.3) is 0 Å². The van der Waals surface area contributed by atoms with Crippen LogP contribution >= 0.6 is 0 Å². The minimum Gasteiger partial charge on any atom is -0.394 e. The van der Waals surface area contributed by atoms with Crippen LogP contribution in [0.1, 0.15) is 32.1 Å². The summed E-state index contributed by atoms with van der Waals surface area (Å²) in [4.78, 5) is 0.319. The van der Waals surface area contributed by atoms with E-state index < -0.39 is 9.84 Å². The van der Waals surface area contributed by atoms with Crippen molar-refractivity contribution in [2.24, 2.45) is 0 Å². The maximum atomic E-state index is 11.4. The standard InChI is InChI=1S/C14H21NO3S/c1-19(17,18)13-7-5-12(6-8-13)15-14(11-16)9-3-2-4-10-14/h5-8,15-16H,2-4,9-11H2,1H3. The van der Waals surface area contributed by atoms with Gasteiger partial charge < -0.3 is 10.4 Å². The summed E-state index contributed by atoms with van der Waals surface area (Å²) in [7, 11) is -3.15. The first-order chi connectivity index (χ1) is 8.95. The van der Waals surface area contributed by atoms with E-state index in [0.717, 1.165) is 31.4 Å². The smallest absolute Gasteiger partial charge is 0.175 e. The second-order valence-electron chi connectivity index (χ2n) is 5.42. The van der Waals surface area contributed by atoms with Gasteiger partial charge in [0.2, 0.25) is 0 Å². The number of hydrogen-bond acceptors (Lipinski definition) is 4. The van der Waals surface area contributed by atoms with Gasteiger partial charge in [0.05, 0.1) is 17.0 Å². The molecule has 1 aliphatic rings. The molecule has 1 aliphatic carbocycles. The zero-order chi connectivity index (χ0) is 13.9. The minimum absolute atomic E-state index is 0.112. The van der Waals surface area contributed by atoms with Crippen LogP contribution < -0.4 is 5.32 Å². The molecule has 1 fully saturated rings. The molecule has 1 saturated carbocycles. The van der Waals surface area contributed by atoms with Crippen molar-refractivity contribution >= 4 is 15.5 Å². The number of benzene rings is 1. The molecule has 5 heteroatoms. The molecular weight excluding hydrogens is 262 g/mol. The van der Waals surface area contributed by atoms with E-state index >= 15 is 0 Å². The van der Waals surface area contributed by atoms with E-state index in [-0.39, 0.29) is 12.1 Å². The van der Waals surface area contributed by atoms with Gasteiger partial charge in [0, 0.05) is 11.9 Å². The normalized spacial score (nSPS) is 19.1. The Labute approximate surface area is 114 Å². The van der Waals surface area contributed by atoms with Crippen molar-refractivity contribution in [3.8, 4) is 0 Å². The predicted octanol–water partition coefficient (Wildman–Crippen LogP) is 2.20. The first kappa shape index (κ1) is 14.3. The Balaban J connectivity index is 2.14. The van der Waals surface area contributed by atoms with Crippen molar-refractivity contribution < 1.29 is 13.5 Å². The van der Waals surface area contributed by atoms with E-state index in [1.807, 2.05) is 0 Å². The third-order valence-electron chi connectivity index (χ3n) is 3.81. The van der Waals surface area contributed by atoms with Gasteiger partial charge in [-0.15, -0.1) is 0 Å². The second kappa shape index (κ2) is 5.51. The van der Waals surface area contributed by atoms with Crippen molar-refractivity contribution in [2.45, 2.75) is 42.5 Å². The van der Waals surface area contributed by atoms with Gasteiger partial charge >= 0.3 is 0 Å². The van der Waals surface area contributed by atoms with E-state index in [2.05, 4.69) is 5.32 Å². The highest BCUT2D eigenvalue weighted by Gasteiger charge is 2.31. The first-order valence-electron chi connectivity index (χ1n) is 6.64. The Morgan fingerprint density at radius 3 is 2.21 bits per heavy atom. The average Bonchev–Trinajstić information content (AvgIpc) is 2.39. The summed E-state index contributed by atoms with van der Waals surface area (Å²) in [6, 6.07) is 6.74. The van der Waals surface area contributed by atoms with Crippen molar-refractivity contribution in [3.63, 3.8) is 0 Å². The maximum absolute atomic E-state index is 11.4. The molecule has 2 rings (SSSR count). The van der Waals surface area contributed by atoms with Gasteiger partial charge in [-0.3, -0.25) is 0 Å². The third-order valence-corrected chi connectivity index (χ3v) is 4.93. The number of hydrogen-bond donors (Lipinski definition) is 2. The molecule has 0 saturated heterocycles. The molecule has 0 amide bonds. The molecule has 0 bridgehead atoms. The Kier molecular flexibility index (Phi) is 4.16. The molecule has 0 aliphatic heterocycles. The Bertz CT molecular complexity index is 516. The molecular formula is C14H21NO3S. The molecule has 0 radical (unpaired) electrons. The first-order valence-corrected chi connectivity index (χ1v) is 8.54. The molecule has 0 atom stereocenters. The average molecular weight is 283 g/mol. The van der Waals surface area contributed by atoms with Crippen LogP contribution in [0.2, 0.25) is 0 Å². The molecule has 2 N–H and O–H groups in total. The maximum Gasteiger partial charge on any atom is 0.175 e. The zero-order valence-electron chi connectivity index (χ0n) is 11.2. The number of rotatable bonds is 4. The summed E-state index contributed by atoms with van der Waals surface area (Å²) in [6.07, 6.45) is 6.57. The van der Waals surface area contributed by atoms with Crippen LogP contribution in [0.5, 0.6) is 0 Å². The SMILES string of the molecule is CS(=O)(=O)c1ccc(NC2(CO)CCCCC2)cc1. The van der Waals surface area contributed by atoms with Gasteiger partial charge in [0.15, 0.2) is 9.84 Å². The van der Waals surface area contributed by atoms with Crippen LogP contribution in [-0.2, 0) is 9.84 Å². The van der Waals surface area contributed by atoms with Crippen molar-refractivity contribution in [1.29, 1.82) is 0 Å². The quantitative estimate of drug-likeness (QED) is 0.889. The number of aliphatic hydroxyl groups is 1. The van der Waals surface area contributed by atoms with E-state index in [1.54, 1.807) is 24.3 Å². The topological polar surface area (TPSA) is 66.4 Å².